The maximum absolute atomic E-state index is 13.2. The number of rotatable bonds is 6. The zero-order valence-electron chi connectivity index (χ0n) is 10.5. The molecular weight excluding hydrogens is 201 g/mol. The first-order chi connectivity index (χ1) is 7.61. The lowest BCUT2D eigenvalue weighted by Crippen LogP contribution is -2.23. The summed E-state index contributed by atoms with van der Waals surface area (Å²) >= 11 is 0. The Morgan fingerprint density at radius 3 is 2.69 bits per heavy atom. The topological polar surface area (TPSA) is 12.0 Å². The standard InChI is InChI=1S/C14H22FN/c1-4-5-16-10-12(3)7-13-6-11(2)8-14(15)9-13/h6,8-9,12,16H,4-5,7,10H2,1-3H3. The first-order valence-corrected chi connectivity index (χ1v) is 6.08. The van der Waals surface area contributed by atoms with Gasteiger partial charge in [-0.1, -0.05) is 19.9 Å². The Labute approximate surface area is 98.1 Å². The van der Waals surface area contributed by atoms with E-state index in [0.29, 0.717) is 5.92 Å². The van der Waals surface area contributed by atoms with Crippen LogP contribution in [-0.4, -0.2) is 13.1 Å². The van der Waals surface area contributed by atoms with Crippen molar-refractivity contribution in [1.29, 1.82) is 0 Å². The van der Waals surface area contributed by atoms with E-state index in [9.17, 15) is 4.39 Å². The van der Waals surface area contributed by atoms with Gasteiger partial charge in [0.1, 0.15) is 5.82 Å². The molecule has 0 heterocycles. The van der Waals surface area contributed by atoms with E-state index in [2.05, 4.69) is 25.2 Å². The molecule has 1 rings (SSSR count). The second kappa shape index (κ2) is 6.64. The van der Waals surface area contributed by atoms with Gasteiger partial charge in [0.15, 0.2) is 0 Å². The number of hydrogen-bond acceptors (Lipinski definition) is 1. The van der Waals surface area contributed by atoms with Crippen LogP contribution in [0.15, 0.2) is 18.2 Å². The van der Waals surface area contributed by atoms with Crippen LogP contribution in [0.3, 0.4) is 0 Å². The molecular formula is C14H22FN. The van der Waals surface area contributed by atoms with Crippen molar-refractivity contribution in [3.63, 3.8) is 0 Å². The summed E-state index contributed by atoms with van der Waals surface area (Å²) in [4.78, 5) is 0. The van der Waals surface area contributed by atoms with Crippen LogP contribution in [0.25, 0.3) is 0 Å². The Kier molecular flexibility index (Phi) is 5.47. The van der Waals surface area contributed by atoms with Crippen molar-refractivity contribution in [2.45, 2.75) is 33.6 Å². The van der Waals surface area contributed by atoms with Crippen LogP contribution in [0.4, 0.5) is 4.39 Å². The average Bonchev–Trinajstić information content (AvgIpc) is 2.16. The van der Waals surface area contributed by atoms with Gasteiger partial charge in [0.25, 0.3) is 0 Å². The van der Waals surface area contributed by atoms with Crippen molar-refractivity contribution in [2.24, 2.45) is 5.92 Å². The Bertz CT molecular complexity index is 302. The first kappa shape index (κ1) is 13.2. The molecule has 1 atom stereocenters. The van der Waals surface area contributed by atoms with Gasteiger partial charge in [-0.05, 0) is 62.0 Å². The lowest BCUT2D eigenvalue weighted by atomic mass is 9.99. The average molecular weight is 223 g/mol. The van der Waals surface area contributed by atoms with Crippen molar-refractivity contribution < 1.29 is 4.39 Å². The van der Waals surface area contributed by atoms with Crippen LogP contribution in [0.5, 0.6) is 0 Å². The zero-order chi connectivity index (χ0) is 12.0. The van der Waals surface area contributed by atoms with Crippen LogP contribution >= 0.6 is 0 Å². The first-order valence-electron chi connectivity index (χ1n) is 6.08. The van der Waals surface area contributed by atoms with E-state index in [-0.39, 0.29) is 5.82 Å². The molecule has 0 spiro atoms. The van der Waals surface area contributed by atoms with Gasteiger partial charge >= 0.3 is 0 Å². The molecule has 16 heavy (non-hydrogen) atoms. The highest BCUT2D eigenvalue weighted by atomic mass is 19.1. The minimum atomic E-state index is -0.122. The normalized spacial score (nSPS) is 12.8. The molecule has 90 valence electrons. The number of halogens is 1. The second-order valence-electron chi connectivity index (χ2n) is 4.65. The van der Waals surface area contributed by atoms with E-state index in [1.165, 1.54) is 0 Å². The summed E-state index contributed by atoms with van der Waals surface area (Å²) in [5, 5.41) is 3.39. The largest absolute Gasteiger partial charge is 0.316 e. The van der Waals surface area contributed by atoms with Gasteiger partial charge in [-0.3, -0.25) is 0 Å². The van der Waals surface area contributed by atoms with E-state index in [1.54, 1.807) is 12.1 Å². The van der Waals surface area contributed by atoms with Gasteiger partial charge < -0.3 is 5.32 Å². The van der Waals surface area contributed by atoms with E-state index < -0.39 is 0 Å². The molecule has 2 heteroatoms. The molecule has 0 amide bonds. The minimum Gasteiger partial charge on any atom is -0.316 e. The second-order valence-corrected chi connectivity index (χ2v) is 4.65. The molecule has 1 unspecified atom stereocenters. The quantitative estimate of drug-likeness (QED) is 0.730. The monoisotopic (exact) mass is 223 g/mol. The van der Waals surface area contributed by atoms with Gasteiger partial charge in [0.2, 0.25) is 0 Å². The van der Waals surface area contributed by atoms with E-state index in [0.717, 1.165) is 37.1 Å². The summed E-state index contributed by atoms with van der Waals surface area (Å²) in [6.45, 7) is 8.36. The number of nitrogens with one attached hydrogen (secondary N) is 1. The highest BCUT2D eigenvalue weighted by Gasteiger charge is 2.05. The predicted octanol–water partition coefficient (Wildman–Crippen LogP) is 3.31. The Morgan fingerprint density at radius 1 is 1.31 bits per heavy atom. The number of hydrogen-bond donors (Lipinski definition) is 1. The molecule has 0 aromatic heterocycles. The van der Waals surface area contributed by atoms with Crippen LogP contribution in [-0.2, 0) is 6.42 Å². The van der Waals surface area contributed by atoms with E-state index in [4.69, 9.17) is 0 Å². The lowest BCUT2D eigenvalue weighted by molar-refractivity contribution is 0.509. The fraction of sp³-hybridized carbons (Fsp3) is 0.571. The van der Waals surface area contributed by atoms with Gasteiger partial charge in [-0.15, -0.1) is 0 Å². The fourth-order valence-electron chi connectivity index (χ4n) is 1.93. The van der Waals surface area contributed by atoms with Crippen molar-refractivity contribution in [1.82, 2.24) is 5.32 Å². The van der Waals surface area contributed by atoms with Crippen LogP contribution in [0.2, 0.25) is 0 Å². The van der Waals surface area contributed by atoms with E-state index in [1.807, 2.05) is 6.92 Å². The summed E-state index contributed by atoms with van der Waals surface area (Å²) in [7, 11) is 0. The van der Waals surface area contributed by atoms with Gasteiger partial charge in [-0.2, -0.15) is 0 Å². The molecule has 1 N–H and O–H groups in total. The molecule has 0 saturated heterocycles. The maximum atomic E-state index is 13.2. The van der Waals surface area contributed by atoms with Gasteiger partial charge in [0, 0.05) is 0 Å². The minimum absolute atomic E-state index is 0.122. The molecule has 1 aromatic carbocycles. The summed E-state index contributed by atoms with van der Waals surface area (Å²) in [5.74, 6) is 0.427. The molecule has 0 fully saturated rings. The van der Waals surface area contributed by atoms with Crippen LogP contribution < -0.4 is 5.32 Å². The summed E-state index contributed by atoms with van der Waals surface area (Å²) in [5.41, 5.74) is 2.10. The van der Waals surface area contributed by atoms with E-state index >= 15 is 0 Å². The highest BCUT2D eigenvalue weighted by molar-refractivity contribution is 5.23. The highest BCUT2D eigenvalue weighted by Crippen LogP contribution is 2.12. The predicted molar refractivity (Wildman–Crippen MR) is 67.2 cm³/mol. The Balaban J connectivity index is 2.45. The third-order valence-electron chi connectivity index (χ3n) is 2.61. The summed E-state index contributed by atoms with van der Waals surface area (Å²) in [6, 6.07) is 5.28. The summed E-state index contributed by atoms with van der Waals surface area (Å²) < 4.78 is 13.2. The molecule has 0 saturated carbocycles. The molecule has 1 aromatic rings. The number of aryl methyl sites for hydroxylation is 1. The fourth-order valence-corrected chi connectivity index (χ4v) is 1.93. The Morgan fingerprint density at radius 2 is 2.06 bits per heavy atom. The maximum Gasteiger partial charge on any atom is 0.123 e. The van der Waals surface area contributed by atoms with Crippen molar-refractivity contribution in [3.05, 3.63) is 35.1 Å². The molecule has 1 nitrogen and oxygen atoms in total. The van der Waals surface area contributed by atoms with Crippen LogP contribution in [0.1, 0.15) is 31.4 Å². The third-order valence-corrected chi connectivity index (χ3v) is 2.61. The van der Waals surface area contributed by atoms with Crippen molar-refractivity contribution in [2.75, 3.05) is 13.1 Å². The number of benzene rings is 1. The lowest BCUT2D eigenvalue weighted by Gasteiger charge is -2.12. The van der Waals surface area contributed by atoms with Gasteiger partial charge in [0.05, 0.1) is 0 Å². The van der Waals surface area contributed by atoms with Gasteiger partial charge in [-0.25, -0.2) is 4.39 Å². The third kappa shape index (κ3) is 4.75. The van der Waals surface area contributed by atoms with Crippen LogP contribution in [0, 0.1) is 18.7 Å². The zero-order valence-corrected chi connectivity index (χ0v) is 10.5. The molecule has 0 radical (unpaired) electrons. The SMILES string of the molecule is CCCNCC(C)Cc1cc(C)cc(F)c1. The summed E-state index contributed by atoms with van der Waals surface area (Å²) in [6.07, 6.45) is 2.10. The molecule has 0 aliphatic heterocycles. The molecule has 0 aliphatic rings. The van der Waals surface area contributed by atoms with Crippen molar-refractivity contribution in [3.8, 4) is 0 Å². The smallest absolute Gasteiger partial charge is 0.123 e. The van der Waals surface area contributed by atoms with Crippen molar-refractivity contribution >= 4 is 0 Å². The molecule has 0 aliphatic carbocycles. The Hall–Kier alpha value is -0.890. The molecule has 0 bridgehead atoms.